The molecule has 1 rings (SSSR count). The second-order valence-electron chi connectivity index (χ2n) is 3.82. The standard InChI is InChI=1S/C12H16ClN3O2/c1-4-9-11(13)10(16(3)15-9)6-8(7-14)12(17)18-5-2/h8H,4-6H2,1-3H3. The first-order valence-electron chi connectivity index (χ1n) is 5.81. The van der Waals surface area contributed by atoms with E-state index < -0.39 is 11.9 Å². The van der Waals surface area contributed by atoms with E-state index in [0.717, 1.165) is 5.69 Å². The van der Waals surface area contributed by atoms with Crippen molar-refractivity contribution >= 4 is 17.6 Å². The zero-order valence-electron chi connectivity index (χ0n) is 10.7. The van der Waals surface area contributed by atoms with Gasteiger partial charge in [0.2, 0.25) is 0 Å². The van der Waals surface area contributed by atoms with Crippen molar-refractivity contribution in [2.45, 2.75) is 26.7 Å². The van der Waals surface area contributed by atoms with Gasteiger partial charge in [0.15, 0.2) is 0 Å². The fourth-order valence-corrected chi connectivity index (χ4v) is 2.03. The van der Waals surface area contributed by atoms with E-state index in [1.165, 1.54) is 0 Å². The fraction of sp³-hybridized carbons (Fsp3) is 0.583. The van der Waals surface area contributed by atoms with Gasteiger partial charge in [-0.05, 0) is 13.3 Å². The Kier molecular flexibility index (Phi) is 5.17. The Balaban J connectivity index is 2.92. The van der Waals surface area contributed by atoms with E-state index in [1.807, 2.05) is 13.0 Å². The van der Waals surface area contributed by atoms with Crippen LogP contribution in [0, 0.1) is 17.2 Å². The van der Waals surface area contributed by atoms with Crippen molar-refractivity contribution in [3.05, 3.63) is 16.4 Å². The molecule has 0 saturated heterocycles. The van der Waals surface area contributed by atoms with Gasteiger partial charge >= 0.3 is 5.97 Å². The summed E-state index contributed by atoms with van der Waals surface area (Å²) in [4.78, 5) is 11.6. The van der Waals surface area contributed by atoms with Crippen molar-refractivity contribution in [1.29, 1.82) is 5.26 Å². The van der Waals surface area contributed by atoms with Crippen molar-refractivity contribution in [2.75, 3.05) is 6.61 Å². The molecular formula is C12H16ClN3O2. The highest BCUT2D eigenvalue weighted by atomic mass is 35.5. The maximum atomic E-state index is 11.6. The molecule has 0 saturated carbocycles. The normalized spacial score (nSPS) is 11.9. The van der Waals surface area contributed by atoms with E-state index in [9.17, 15) is 4.79 Å². The molecule has 5 nitrogen and oxygen atoms in total. The smallest absolute Gasteiger partial charge is 0.323 e. The Morgan fingerprint density at radius 3 is 2.72 bits per heavy atom. The lowest BCUT2D eigenvalue weighted by atomic mass is 10.0. The summed E-state index contributed by atoms with van der Waals surface area (Å²) in [6, 6.07) is 1.94. The number of aryl methyl sites for hydroxylation is 2. The molecule has 98 valence electrons. The van der Waals surface area contributed by atoms with Gasteiger partial charge < -0.3 is 4.74 Å². The first kappa shape index (κ1) is 14.5. The monoisotopic (exact) mass is 269 g/mol. The Bertz CT molecular complexity index is 476. The molecule has 0 radical (unpaired) electrons. The Hall–Kier alpha value is -1.54. The van der Waals surface area contributed by atoms with Crippen LogP contribution in [-0.4, -0.2) is 22.4 Å². The number of nitriles is 1. The molecule has 6 heteroatoms. The lowest BCUT2D eigenvalue weighted by molar-refractivity contribution is -0.146. The van der Waals surface area contributed by atoms with Gasteiger partial charge in [0.1, 0.15) is 5.92 Å². The topological polar surface area (TPSA) is 67.9 Å². The molecule has 18 heavy (non-hydrogen) atoms. The molecular weight excluding hydrogens is 254 g/mol. The Labute approximate surface area is 111 Å². The molecule has 0 aliphatic rings. The van der Waals surface area contributed by atoms with Gasteiger partial charge in [0.25, 0.3) is 0 Å². The highest BCUT2D eigenvalue weighted by molar-refractivity contribution is 6.31. The quantitative estimate of drug-likeness (QED) is 0.766. The number of rotatable bonds is 5. The number of esters is 1. The number of carbonyl (C=O) groups excluding carboxylic acids is 1. The average molecular weight is 270 g/mol. The highest BCUT2D eigenvalue weighted by Gasteiger charge is 2.24. The fourth-order valence-electron chi connectivity index (χ4n) is 1.66. The molecule has 0 aliphatic carbocycles. The van der Waals surface area contributed by atoms with Crippen LogP contribution in [0.15, 0.2) is 0 Å². The van der Waals surface area contributed by atoms with Gasteiger partial charge in [-0.3, -0.25) is 9.48 Å². The van der Waals surface area contributed by atoms with Crippen LogP contribution in [0.4, 0.5) is 0 Å². The summed E-state index contributed by atoms with van der Waals surface area (Å²) in [6.07, 6.45) is 0.932. The third-order valence-electron chi connectivity index (χ3n) is 2.63. The van der Waals surface area contributed by atoms with Crippen LogP contribution >= 0.6 is 11.6 Å². The van der Waals surface area contributed by atoms with Gasteiger partial charge in [-0.2, -0.15) is 10.4 Å². The maximum Gasteiger partial charge on any atom is 0.323 e. The van der Waals surface area contributed by atoms with Gasteiger partial charge in [0, 0.05) is 13.5 Å². The summed E-state index contributed by atoms with van der Waals surface area (Å²) in [5.74, 6) is -1.36. The van der Waals surface area contributed by atoms with Crippen molar-refractivity contribution in [2.24, 2.45) is 13.0 Å². The Morgan fingerprint density at radius 1 is 1.61 bits per heavy atom. The first-order chi connectivity index (χ1) is 8.54. The van der Waals surface area contributed by atoms with Gasteiger partial charge in [0.05, 0.1) is 29.1 Å². The summed E-state index contributed by atoms with van der Waals surface area (Å²) >= 11 is 6.17. The zero-order valence-corrected chi connectivity index (χ0v) is 11.5. The lowest BCUT2D eigenvalue weighted by Crippen LogP contribution is -2.19. The predicted molar refractivity (Wildman–Crippen MR) is 67.0 cm³/mol. The number of hydrogen-bond donors (Lipinski definition) is 0. The summed E-state index contributed by atoms with van der Waals surface area (Å²) < 4.78 is 6.46. The van der Waals surface area contributed by atoms with Crippen LogP contribution in [0.5, 0.6) is 0 Å². The lowest BCUT2D eigenvalue weighted by Gasteiger charge is -2.08. The zero-order chi connectivity index (χ0) is 13.7. The van der Waals surface area contributed by atoms with E-state index in [0.29, 0.717) is 17.1 Å². The third-order valence-corrected chi connectivity index (χ3v) is 3.06. The Morgan fingerprint density at radius 2 is 2.28 bits per heavy atom. The molecule has 1 unspecified atom stereocenters. The molecule has 0 amide bonds. The van der Waals surface area contributed by atoms with Crippen LogP contribution in [0.1, 0.15) is 25.2 Å². The molecule has 1 atom stereocenters. The van der Waals surface area contributed by atoms with E-state index in [1.54, 1.807) is 18.7 Å². The van der Waals surface area contributed by atoms with Crippen LogP contribution < -0.4 is 0 Å². The van der Waals surface area contributed by atoms with Gasteiger partial charge in [-0.15, -0.1) is 0 Å². The van der Waals surface area contributed by atoms with Crippen LogP contribution in [0.25, 0.3) is 0 Å². The molecule has 1 aromatic heterocycles. The van der Waals surface area contributed by atoms with Crippen LogP contribution in [0.2, 0.25) is 5.02 Å². The molecule has 1 aromatic rings. The summed E-state index contributed by atoms with van der Waals surface area (Å²) in [5, 5.41) is 13.8. The number of aromatic nitrogens is 2. The average Bonchev–Trinajstić information content (AvgIpc) is 2.62. The van der Waals surface area contributed by atoms with E-state index in [4.69, 9.17) is 21.6 Å². The van der Waals surface area contributed by atoms with Crippen LogP contribution in [-0.2, 0) is 29.4 Å². The summed E-state index contributed by atoms with van der Waals surface area (Å²) in [7, 11) is 1.75. The predicted octanol–water partition coefficient (Wildman–Crippen LogP) is 1.88. The molecule has 0 N–H and O–H groups in total. The molecule has 0 aliphatic heterocycles. The maximum absolute atomic E-state index is 11.6. The van der Waals surface area contributed by atoms with Crippen molar-refractivity contribution in [1.82, 2.24) is 9.78 Å². The third kappa shape index (κ3) is 3.02. The minimum absolute atomic E-state index is 0.220. The van der Waals surface area contributed by atoms with E-state index in [-0.39, 0.29) is 13.0 Å². The summed E-state index contributed by atoms with van der Waals surface area (Å²) in [5.41, 5.74) is 1.46. The van der Waals surface area contributed by atoms with Crippen molar-refractivity contribution < 1.29 is 9.53 Å². The molecule has 0 bridgehead atoms. The first-order valence-corrected chi connectivity index (χ1v) is 6.19. The SMILES string of the molecule is CCOC(=O)C(C#N)Cc1c(Cl)c(CC)nn1C. The number of hydrogen-bond acceptors (Lipinski definition) is 4. The van der Waals surface area contributed by atoms with E-state index >= 15 is 0 Å². The number of halogens is 1. The second-order valence-corrected chi connectivity index (χ2v) is 4.20. The number of carbonyl (C=O) groups is 1. The molecule has 0 fully saturated rings. The number of ether oxygens (including phenoxy) is 1. The second kappa shape index (κ2) is 6.41. The van der Waals surface area contributed by atoms with Crippen molar-refractivity contribution in [3.8, 4) is 6.07 Å². The molecule has 0 spiro atoms. The minimum atomic E-state index is -0.845. The van der Waals surface area contributed by atoms with Crippen LogP contribution in [0.3, 0.4) is 0 Å². The van der Waals surface area contributed by atoms with E-state index in [2.05, 4.69) is 5.10 Å². The molecule has 1 heterocycles. The number of nitrogens with zero attached hydrogens (tertiary/aromatic N) is 3. The van der Waals surface area contributed by atoms with Gasteiger partial charge in [-0.25, -0.2) is 0 Å². The van der Waals surface area contributed by atoms with Crippen molar-refractivity contribution in [3.63, 3.8) is 0 Å². The highest BCUT2D eigenvalue weighted by Crippen LogP contribution is 2.23. The largest absolute Gasteiger partial charge is 0.465 e. The minimum Gasteiger partial charge on any atom is -0.465 e. The molecule has 0 aromatic carbocycles. The summed E-state index contributed by atoms with van der Waals surface area (Å²) in [6.45, 7) is 3.92. The van der Waals surface area contributed by atoms with Gasteiger partial charge in [-0.1, -0.05) is 18.5 Å².